The lowest BCUT2D eigenvalue weighted by molar-refractivity contribution is 0.280. The van der Waals surface area contributed by atoms with E-state index in [9.17, 15) is 8.42 Å². The molecule has 0 saturated carbocycles. The summed E-state index contributed by atoms with van der Waals surface area (Å²) in [4.78, 5) is 0. The number of hydrogen-bond donors (Lipinski definition) is 1. The highest BCUT2D eigenvalue weighted by atomic mass is 32.2. The van der Waals surface area contributed by atoms with Crippen molar-refractivity contribution < 1.29 is 12.8 Å². The Morgan fingerprint density at radius 2 is 1.89 bits per heavy atom. The molecule has 0 unspecified atom stereocenters. The Morgan fingerprint density at radius 3 is 2.22 bits per heavy atom. The summed E-state index contributed by atoms with van der Waals surface area (Å²) < 4.78 is 28.9. The van der Waals surface area contributed by atoms with E-state index in [4.69, 9.17) is 9.56 Å². The minimum absolute atomic E-state index is 0.0638. The Labute approximate surface area is 113 Å². The average Bonchev–Trinajstić information content (AvgIpc) is 2.13. The van der Waals surface area contributed by atoms with Gasteiger partial charge in [0.2, 0.25) is 10.0 Å². The molecule has 0 fully saturated rings. The molecule has 0 radical (unpaired) electrons. The van der Waals surface area contributed by atoms with Crippen molar-refractivity contribution in [3.8, 4) is 0 Å². The molecule has 1 atom stereocenters. The summed E-state index contributed by atoms with van der Waals surface area (Å²) in [6.07, 6.45) is 2.80. The van der Waals surface area contributed by atoms with Gasteiger partial charge in [0.25, 0.3) is 0 Å². The van der Waals surface area contributed by atoms with Crippen molar-refractivity contribution in [2.45, 2.75) is 57.0 Å². The van der Waals surface area contributed by atoms with Crippen molar-refractivity contribution in [1.29, 1.82) is 0 Å². The first-order valence-corrected chi connectivity index (χ1v) is 10.7. The Kier molecular flexibility index (Phi) is 6.26. The number of rotatable bonds is 7. The molecule has 108 valence electrons. The molecule has 0 aliphatic carbocycles. The van der Waals surface area contributed by atoms with Crippen LogP contribution in [0, 0.1) is 0 Å². The number of allylic oxidation sites excluding steroid dienone is 1. The standard InChI is InChI=1S/C12H27NO3SSi/c1-7-8-9-11(17(13,14)15)10-16-18(5,6)12(2,3)4/h7,11H,1,8-10H2,2-6H3,(H2,13,14,15)/t11-/m0/s1. The molecular formula is C12H27NO3SSi. The second-order valence-corrected chi connectivity index (χ2v) is 12.8. The molecule has 18 heavy (non-hydrogen) atoms. The number of nitrogens with two attached hydrogens (primary N) is 1. The molecule has 4 nitrogen and oxygen atoms in total. The smallest absolute Gasteiger partial charge is 0.214 e. The first-order valence-electron chi connectivity index (χ1n) is 6.18. The number of hydrogen-bond acceptors (Lipinski definition) is 3. The summed E-state index contributed by atoms with van der Waals surface area (Å²) in [5.74, 6) is 0. The predicted octanol–water partition coefficient (Wildman–Crippen LogP) is 2.63. The van der Waals surface area contributed by atoms with Crippen LogP contribution in [0.1, 0.15) is 33.6 Å². The Morgan fingerprint density at radius 1 is 1.39 bits per heavy atom. The van der Waals surface area contributed by atoms with Crippen LogP contribution in [0.25, 0.3) is 0 Å². The lowest BCUT2D eigenvalue weighted by atomic mass is 10.2. The largest absolute Gasteiger partial charge is 0.415 e. The first-order chi connectivity index (χ1) is 7.92. The number of sulfonamides is 1. The van der Waals surface area contributed by atoms with Gasteiger partial charge in [-0.05, 0) is 31.0 Å². The van der Waals surface area contributed by atoms with Crippen LogP contribution in [0.3, 0.4) is 0 Å². The van der Waals surface area contributed by atoms with Gasteiger partial charge in [0.05, 0.1) is 11.9 Å². The van der Waals surface area contributed by atoms with Crippen LogP contribution >= 0.6 is 0 Å². The highest BCUT2D eigenvalue weighted by molar-refractivity contribution is 7.89. The van der Waals surface area contributed by atoms with E-state index in [2.05, 4.69) is 40.4 Å². The molecule has 0 heterocycles. The van der Waals surface area contributed by atoms with Crippen molar-refractivity contribution in [2.24, 2.45) is 5.14 Å². The van der Waals surface area contributed by atoms with Gasteiger partial charge in [-0.2, -0.15) is 0 Å². The van der Waals surface area contributed by atoms with Crippen LogP contribution in [0.4, 0.5) is 0 Å². The van der Waals surface area contributed by atoms with Crippen molar-refractivity contribution in [3.05, 3.63) is 12.7 Å². The molecule has 0 saturated heterocycles. The molecule has 0 aromatic heterocycles. The molecule has 0 aromatic carbocycles. The third-order valence-corrected chi connectivity index (χ3v) is 9.40. The highest BCUT2D eigenvalue weighted by Crippen LogP contribution is 2.36. The normalized spacial score (nSPS) is 15.4. The third-order valence-electron chi connectivity index (χ3n) is 3.59. The van der Waals surface area contributed by atoms with Crippen LogP contribution in [0.5, 0.6) is 0 Å². The van der Waals surface area contributed by atoms with E-state index >= 15 is 0 Å². The van der Waals surface area contributed by atoms with Crippen molar-refractivity contribution in [2.75, 3.05) is 6.61 Å². The van der Waals surface area contributed by atoms with Crippen LogP contribution in [-0.4, -0.2) is 28.6 Å². The maximum Gasteiger partial charge on any atom is 0.214 e. The fraction of sp³-hybridized carbons (Fsp3) is 0.833. The van der Waals surface area contributed by atoms with Crippen molar-refractivity contribution >= 4 is 18.3 Å². The molecule has 0 aromatic rings. The molecular weight excluding hydrogens is 266 g/mol. The summed E-state index contributed by atoms with van der Waals surface area (Å²) in [7, 11) is -5.49. The first kappa shape index (κ1) is 17.8. The molecule has 0 aliphatic heterocycles. The molecule has 0 spiro atoms. The zero-order valence-electron chi connectivity index (χ0n) is 12.2. The summed E-state index contributed by atoms with van der Waals surface area (Å²) in [6, 6.07) is 0. The SMILES string of the molecule is C=CCC[C@@H](CO[Si](C)(C)C(C)(C)C)S(N)(=O)=O. The minimum Gasteiger partial charge on any atom is -0.415 e. The van der Waals surface area contributed by atoms with E-state index in [1.165, 1.54) is 0 Å². The molecule has 0 rings (SSSR count). The lowest BCUT2D eigenvalue weighted by Crippen LogP contribution is -2.44. The average molecular weight is 294 g/mol. The van der Waals surface area contributed by atoms with Gasteiger partial charge in [-0.25, -0.2) is 13.6 Å². The van der Waals surface area contributed by atoms with E-state index in [0.29, 0.717) is 12.8 Å². The van der Waals surface area contributed by atoms with Crippen LogP contribution < -0.4 is 5.14 Å². The summed E-state index contributed by atoms with van der Waals surface area (Å²) in [5, 5.41) is 4.66. The molecule has 6 heteroatoms. The van der Waals surface area contributed by atoms with Crippen LogP contribution in [-0.2, 0) is 14.4 Å². The zero-order valence-corrected chi connectivity index (χ0v) is 14.0. The van der Waals surface area contributed by atoms with Crippen molar-refractivity contribution in [3.63, 3.8) is 0 Å². The molecule has 2 N–H and O–H groups in total. The van der Waals surface area contributed by atoms with Crippen molar-refractivity contribution in [1.82, 2.24) is 0 Å². The summed E-state index contributed by atoms with van der Waals surface area (Å²) in [5.41, 5.74) is 0. The van der Waals surface area contributed by atoms with Crippen LogP contribution in [0.15, 0.2) is 12.7 Å². The van der Waals surface area contributed by atoms with Gasteiger partial charge in [-0.1, -0.05) is 26.8 Å². The van der Waals surface area contributed by atoms with E-state index in [-0.39, 0.29) is 11.6 Å². The van der Waals surface area contributed by atoms with Gasteiger partial charge in [-0.3, -0.25) is 0 Å². The van der Waals surface area contributed by atoms with Gasteiger partial charge in [-0.15, -0.1) is 6.58 Å². The minimum atomic E-state index is -3.56. The topological polar surface area (TPSA) is 69.4 Å². The summed E-state index contributed by atoms with van der Waals surface area (Å²) >= 11 is 0. The number of primary sulfonamides is 1. The monoisotopic (exact) mass is 293 g/mol. The van der Waals surface area contributed by atoms with Gasteiger partial charge < -0.3 is 4.43 Å². The molecule has 0 bridgehead atoms. The predicted molar refractivity (Wildman–Crippen MR) is 79.5 cm³/mol. The second-order valence-electron chi connectivity index (χ2n) is 6.15. The third kappa shape index (κ3) is 5.64. The van der Waals surface area contributed by atoms with E-state index in [0.717, 1.165) is 0 Å². The second kappa shape index (κ2) is 6.32. The lowest BCUT2D eigenvalue weighted by Gasteiger charge is -2.37. The fourth-order valence-corrected chi connectivity index (χ4v) is 3.06. The van der Waals surface area contributed by atoms with E-state index < -0.39 is 23.6 Å². The summed E-state index contributed by atoms with van der Waals surface area (Å²) in [6.45, 7) is 14.3. The maximum absolute atomic E-state index is 11.5. The molecule has 0 aliphatic rings. The maximum atomic E-state index is 11.5. The Balaban J connectivity index is 4.68. The van der Waals surface area contributed by atoms with Crippen LogP contribution in [0.2, 0.25) is 18.1 Å². The Hall–Kier alpha value is -0.173. The highest BCUT2D eigenvalue weighted by Gasteiger charge is 2.38. The van der Waals surface area contributed by atoms with Gasteiger partial charge in [0.1, 0.15) is 0 Å². The quantitative estimate of drug-likeness (QED) is 0.579. The van der Waals surface area contributed by atoms with E-state index in [1.54, 1.807) is 6.08 Å². The molecule has 0 amide bonds. The van der Waals surface area contributed by atoms with E-state index in [1.807, 2.05) is 0 Å². The van der Waals surface area contributed by atoms with Gasteiger partial charge in [0, 0.05) is 0 Å². The fourth-order valence-electron chi connectivity index (χ4n) is 1.16. The van der Waals surface area contributed by atoms with Gasteiger partial charge >= 0.3 is 0 Å². The zero-order chi connectivity index (χ0) is 14.6. The van der Waals surface area contributed by atoms with Gasteiger partial charge in [0.15, 0.2) is 8.32 Å². The Bertz CT molecular complexity index is 371.